The zero-order valence-corrected chi connectivity index (χ0v) is 19.0. The molecule has 1 N–H and O–H groups in total. The van der Waals surface area contributed by atoms with Crippen LogP contribution in [0.5, 0.6) is 5.75 Å². The molecular formula is C24H31ClN2O3. The van der Waals surface area contributed by atoms with Gasteiger partial charge in [0.15, 0.2) is 6.61 Å². The lowest BCUT2D eigenvalue weighted by atomic mass is 10.1. The van der Waals surface area contributed by atoms with Gasteiger partial charge in [-0.25, -0.2) is 0 Å². The summed E-state index contributed by atoms with van der Waals surface area (Å²) in [4.78, 5) is 27.4. The van der Waals surface area contributed by atoms with Crippen LogP contribution in [-0.2, 0) is 16.1 Å². The molecule has 0 heterocycles. The Morgan fingerprint density at radius 1 is 1.07 bits per heavy atom. The summed E-state index contributed by atoms with van der Waals surface area (Å²) in [7, 11) is 0. The van der Waals surface area contributed by atoms with Gasteiger partial charge in [0.25, 0.3) is 5.91 Å². The van der Waals surface area contributed by atoms with E-state index < -0.39 is 6.04 Å². The topological polar surface area (TPSA) is 58.6 Å². The molecule has 30 heavy (non-hydrogen) atoms. The molecule has 2 rings (SSSR count). The minimum absolute atomic E-state index is 0.131. The molecule has 0 aliphatic carbocycles. The molecule has 5 nitrogen and oxygen atoms in total. The molecule has 2 aromatic carbocycles. The highest BCUT2D eigenvalue weighted by Gasteiger charge is 2.28. The van der Waals surface area contributed by atoms with Crippen molar-refractivity contribution in [3.05, 3.63) is 64.2 Å². The van der Waals surface area contributed by atoms with Crippen molar-refractivity contribution in [2.45, 2.75) is 53.1 Å². The molecule has 0 radical (unpaired) electrons. The number of amides is 2. The first-order chi connectivity index (χ1) is 14.3. The van der Waals surface area contributed by atoms with E-state index in [2.05, 4.69) is 5.32 Å². The summed E-state index contributed by atoms with van der Waals surface area (Å²) < 4.78 is 5.78. The van der Waals surface area contributed by atoms with E-state index >= 15 is 0 Å². The third-order valence-corrected chi connectivity index (χ3v) is 5.01. The molecule has 0 saturated heterocycles. The summed E-state index contributed by atoms with van der Waals surface area (Å²) in [6, 6.07) is 12.6. The number of aryl methyl sites for hydroxylation is 2. The van der Waals surface area contributed by atoms with Gasteiger partial charge in [0.1, 0.15) is 11.8 Å². The molecule has 0 fully saturated rings. The zero-order chi connectivity index (χ0) is 22.1. The number of carbonyl (C=O) groups excluding carboxylic acids is 2. The molecule has 0 bridgehead atoms. The molecule has 1 unspecified atom stereocenters. The van der Waals surface area contributed by atoms with E-state index in [1.807, 2.05) is 58.0 Å². The number of rotatable bonds is 10. The van der Waals surface area contributed by atoms with E-state index in [0.717, 1.165) is 23.1 Å². The molecule has 6 heteroatoms. The molecule has 0 aromatic heterocycles. The summed E-state index contributed by atoms with van der Waals surface area (Å²) >= 11 is 5.99. The van der Waals surface area contributed by atoms with Crippen molar-refractivity contribution in [3.8, 4) is 5.75 Å². The fourth-order valence-corrected chi connectivity index (χ4v) is 3.44. The third kappa shape index (κ3) is 7.06. The number of ether oxygens (including phenoxy) is 1. The van der Waals surface area contributed by atoms with Crippen LogP contribution in [0.4, 0.5) is 0 Å². The normalized spacial score (nSPS) is 11.6. The van der Waals surface area contributed by atoms with Crippen molar-refractivity contribution < 1.29 is 14.3 Å². The summed E-state index contributed by atoms with van der Waals surface area (Å²) in [5.74, 6) is 0.270. The molecule has 162 valence electrons. The van der Waals surface area contributed by atoms with Gasteiger partial charge in [-0.15, -0.1) is 0 Å². The summed E-state index contributed by atoms with van der Waals surface area (Å²) in [5, 5.41) is 3.53. The van der Waals surface area contributed by atoms with Gasteiger partial charge >= 0.3 is 0 Å². The van der Waals surface area contributed by atoms with Gasteiger partial charge in [0, 0.05) is 18.1 Å². The van der Waals surface area contributed by atoms with Crippen LogP contribution in [0.2, 0.25) is 5.02 Å². The van der Waals surface area contributed by atoms with Gasteiger partial charge in [-0.1, -0.05) is 43.6 Å². The maximum Gasteiger partial charge on any atom is 0.261 e. The predicted molar refractivity (Wildman–Crippen MR) is 121 cm³/mol. The Kier molecular flexibility index (Phi) is 9.18. The predicted octanol–water partition coefficient (Wildman–Crippen LogP) is 4.67. The molecule has 0 saturated carbocycles. The van der Waals surface area contributed by atoms with Crippen LogP contribution in [0.1, 0.15) is 43.4 Å². The van der Waals surface area contributed by atoms with Crippen molar-refractivity contribution >= 4 is 23.4 Å². The average molecular weight is 431 g/mol. The monoisotopic (exact) mass is 430 g/mol. The van der Waals surface area contributed by atoms with Gasteiger partial charge in [0.05, 0.1) is 0 Å². The SMILES string of the molecule is CCCNC(=O)C(CC)N(Cc1ccc(Cl)cc1)C(=O)COc1cc(C)cc(C)c1. The first-order valence-corrected chi connectivity index (χ1v) is 10.7. The van der Waals surface area contributed by atoms with Gasteiger partial charge in [0.2, 0.25) is 5.91 Å². The second-order valence-electron chi connectivity index (χ2n) is 7.48. The molecule has 0 aliphatic rings. The van der Waals surface area contributed by atoms with Crippen LogP contribution < -0.4 is 10.1 Å². The van der Waals surface area contributed by atoms with Crippen molar-refractivity contribution in [3.63, 3.8) is 0 Å². The summed E-state index contributed by atoms with van der Waals surface area (Å²) in [6.07, 6.45) is 1.35. The van der Waals surface area contributed by atoms with E-state index in [1.54, 1.807) is 17.0 Å². The maximum atomic E-state index is 13.1. The van der Waals surface area contributed by atoms with E-state index in [0.29, 0.717) is 30.3 Å². The van der Waals surface area contributed by atoms with Crippen molar-refractivity contribution in [2.75, 3.05) is 13.2 Å². The lowest BCUT2D eigenvalue weighted by Crippen LogP contribution is -2.50. The van der Waals surface area contributed by atoms with Crippen LogP contribution in [0.3, 0.4) is 0 Å². The quantitative estimate of drug-likeness (QED) is 0.595. The average Bonchev–Trinajstić information content (AvgIpc) is 2.71. The Morgan fingerprint density at radius 2 is 1.70 bits per heavy atom. The van der Waals surface area contributed by atoms with Crippen LogP contribution in [0.25, 0.3) is 0 Å². The van der Waals surface area contributed by atoms with Gasteiger partial charge in [-0.05, 0) is 67.6 Å². The highest BCUT2D eigenvalue weighted by Crippen LogP contribution is 2.18. The van der Waals surface area contributed by atoms with Crippen molar-refractivity contribution in [1.82, 2.24) is 10.2 Å². The molecule has 0 spiro atoms. The minimum Gasteiger partial charge on any atom is -0.484 e. The molecular weight excluding hydrogens is 400 g/mol. The van der Waals surface area contributed by atoms with Crippen LogP contribution in [-0.4, -0.2) is 35.9 Å². The lowest BCUT2D eigenvalue weighted by molar-refractivity contribution is -0.143. The smallest absolute Gasteiger partial charge is 0.261 e. The lowest BCUT2D eigenvalue weighted by Gasteiger charge is -2.30. The number of halogens is 1. The van der Waals surface area contributed by atoms with E-state index in [9.17, 15) is 9.59 Å². The number of nitrogens with zero attached hydrogens (tertiary/aromatic N) is 1. The second kappa shape index (κ2) is 11.6. The Bertz CT molecular complexity index is 832. The largest absolute Gasteiger partial charge is 0.484 e. The minimum atomic E-state index is -0.567. The Morgan fingerprint density at radius 3 is 2.27 bits per heavy atom. The maximum absolute atomic E-state index is 13.1. The fourth-order valence-electron chi connectivity index (χ4n) is 3.32. The van der Waals surface area contributed by atoms with E-state index in [-0.39, 0.29) is 18.4 Å². The first-order valence-electron chi connectivity index (χ1n) is 10.4. The Labute approximate surface area is 184 Å². The zero-order valence-electron chi connectivity index (χ0n) is 18.2. The molecule has 1 atom stereocenters. The third-order valence-electron chi connectivity index (χ3n) is 4.76. The van der Waals surface area contributed by atoms with Gasteiger partial charge < -0.3 is 15.0 Å². The Balaban J connectivity index is 2.20. The number of hydrogen-bond donors (Lipinski definition) is 1. The summed E-state index contributed by atoms with van der Waals surface area (Å²) in [5.41, 5.74) is 3.04. The highest BCUT2D eigenvalue weighted by molar-refractivity contribution is 6.30. The fraction of sp³-hybridized carbons (Fsp3) is 0.417. The Hall–Kier alpha value is -2.53. The van der Waals surface area contributed by atoms with Crippen molar-refractivity contribution in [1.29, 1.82) is 0 Å². The first kappa shape index (κ1) is 23.7. The van der Waals surface area contributed by atoms with Gasteiger partial charge in [-0.3, -0.25) is 9.59 Å². The van der Waals surface area contributed by atoms with Crippen molar-refractivity contribution in [2.24, 2.45) is 0 Å². The number of carbonyl (C=O) groups is 2. The highest BCUT2D eigenvalue weighted by atomic mass is 35.5. The number of benzene rings is 2. The molecule has 0 aliphatic heterocycles. The van der Waals surface area contributed by atoms with E-state index in [1.165, 1.54) is 0 Å². The standard InChI is InChI=1S/C24H31ClN2O3/c1-5-11-26-24(29)22(6-2)27(15-19-7-9-20(25)10-8-19)23(28)16-30-21-13-17(3)12-18(4)14-21/h7-10,12-14,22H,5-6,11,15-16H2,1-4H3,(H,26,29). The second-order valence-corrected chi connectivity index (χ2v) is 7.91. The van der Waals surface area contributed by atoms with E-state index in [4.69, 9.17) is 16.3 Å². The molecule has 2 aromatic rings. The van der Waals surface area contributed by atoms with Gasteiger partial charge in [-0.2, -0.15) is 0 Å². The molecule has 2 amide bonds. The number of nitrogens with one attached hydrogen (secondary N) is 1. The number of hydrogen-bond acceptors (Lipinski definition) is 3. The van der Waals surface area contributed by atoms with Crippen LogP contribution in [0.15, 0.2) is 42.5 Å². The van der Waals surface area contributed by atoms with Crippen LogP contribution in [0, 0.1) is 13.8 Å². The summed E-state index contributed by atoms with van der Waals surface area (Å²) in [6.45, 7) is 8.63. The van der Waals surface area contributed by atoms with Crippen LogP contribution >= 0.6 is 11.6 Å².